The second-order valence-electron chi connectivity index (χ2n) is 5.58. The summed E-state index contributed by atoms with van der Waals surface area (Å²) in [6.45, 7) is 3.86. The molecule has 1 heterocycles. The molecular weight excluding hydrogens is 246 g/mol. The van der Waals surface area contributed by atoms with Crippen molar-refractivity contribution in [2.45, 2.75) is 26.7 Å². The van der Waals surface area contributed by atoms with Crippen LogP contribution < -0.4 is 10.1 Å². The number of rotatable bonds is 4. The minimum atomic E-state index is -0.806. The molecule has 2 rings (SSSR count). The van der Waals surface area contributed by atoms with Gasteiger partial charge in [0.2, 0.25) is 0 Å². The maximum atomic E-state index is 11.3. The average Bonchev–Trinajstić information content (AvgIpc) is 2.25. The van der Waals surface area contributed by atoms with E-state index in [4.69, 9.17) is 9.84 Å². The van der Waals surface area contributed by atoms with Crippen LogP contribution >= 0.6 is 0 Å². The SMILES string of the molecule is CC(C)(CC(=O)O)Cc1ccc2c(c1)NC(=O)CO2. The van der Waals surface area contributed by atoms with E-state index in [1.807, 2.05) is 26.0 Å². The topological polar surface area (TPSA) is 75.6 Å². The molecule has 1 aliphatic rings. The van der Waals surface area contributed by atoms with Gasteiger partial charge in [-0.05, 0) is 29.5 Å². The molecule has 5 nitrogen and oxygen atoms in total. The van der Waals surface area contributed by atoms with Gasteiger partial charge in [0.1, 0.15) is 5.75 Å². The number of fused-ring (bicyclic) bond motifs is 1. The van der Waals surface area contributed by atoms with E-state index < -0.39 is 5.97 Å². The third kappa shape index (κ3) is 3.47. The van der Waals surface area contributed by atoms with Gasteiger partial charge in [-0.3, -0.25) is 9.59 Å². The van der Waals surface area contributed by atoms with Gasteiger partial charge in [-0.1, -0.05) is 19.9 Å². The number of carbonyl (C=O) groups excluding carboxylic acids is 1. The first-order valence-electron chi connectivity index (χ1n) is 6.13. The first-order chi connectivity index (χ1) is 8.85. The first kappa shape index (κ1) is 13.4. The van der Waals surface area contributed by atoms with Crippen molar-refractivity contribution in [3.63, 3.8) is 0 Å². The molecule has 0 spiro atoms. The van der Waals surface area contributed by atoms with Crippen LogP contribution in [0.2, 0.25) is 0 Å². The third-order valence-electron chi connectivity index (χ3n) is 2.99. The molecule has 19 heavy (non-hydrogen) atoms. The summed E-state index contributed by atoms with van der Waals surface area (Å²) < 4.78 is 5.28. The second-order valence-corrected chi connectivity index (χ2v) is 5.58. The van der Waals surface area contributed by atoms with Crippen molar-refractivity contribution in [1.82, 2.24) is 0 Å². The van der Waals surface area contributed by atoms with Crippen LogP contribution in [0, 0.1) is 5.41 Å². The predicted molar refractivity (Wildman–Crippen MR) is 70.3 cm³/mol. The van der Waals surface area contributed by atoms with Crippen LogP contribution in [0.1, 0.15) is 25.8 Å². The fourth-order valence-electron chi connectivity index (χ4n) is 2.26. The Labute approximate surface area is 111 Å². The van der Waals surface area contributed by atoms with Crippen molar-refractivity contribution < 1.29 is 19.4 Å². The van der Waals surface area contributed by atoms with Crippen molar-refractivity contribution in [3.05, 3.63) is 23.8 Å². The minimum absolute atomic E-state index is 0.0385. The highest BCUT2D eigenvalue weighted by atomic mass is 16.5. The van der Waals surface area contributed by atoms with Gasteiger partial charge in [0, 0.05) is 0 Å². The fraction of sp³-hybridized carbons (Fsp3) is 0.429. The zero-order valence-corrected chi connectivity index (χ0v) is 11.0. The molecule has 102 valence electrons. The van der Waals surface area contributed by atoms with E-state index in [0.29, 0.717) is 17.9 Å². The standard InChI is InChI=1S/C14H17NO4/c1-14(2,7-13(17)18)6-9-3-4-11-10(5-9)15-12(16)8-19-11/h3-5H,6-8H2,1-2H3,(H,15,16)(H,17,18). The lowest BCUT2D eigenvalue weighted by molar-refractivity contribution is -0.139. The van der Waals surface area contributed by atoms with Crippen molar-refractivity contribution >= 4 is 17.6 Å². The molecule has 0 bridgehead atoms. The normalized spacial score (nSPS) is 14.3. The quantitative estimate of drug-likeness (QED) is 0.871. The van der Waals surface area contributed by atoms with Crippen LogP contribution in [-0.4, -0.2) is 23.6 Å². The second kappa shape index (κ2) is 4.91. The smallest absolute Gasteiger partial charge is 0.303 e. The monoisotopic (exact) mass is 263 g/mol. The maximum absolute atomic E-state index is 11.3. The van der Waals surface area contributed by atoms with E-state index >= 15 is 0 Å². The van der Waals surface area contributed by atoms with Gasteiger partial charge in [0.25, 0.3) is 5.91 Å². The van der Waals surface area contributed by atoms with Gasteiger partial charge in [0.05, 0.1) is 12.1 Å². The summed E-state index contributed by atoms with van der Waals surface area (Å²) in [4.78, 5) is 22.1. The van der Waals surface area contributed by atoms with Gasteiger partial charge < -0.3 is 15.2 Å². The third-order valence-corrected chi connectivity index (χ3v) is 2.99. The van der Waals surface area contributed by atoms with Crippen LogP contribution in [0.3, 0.4) is 0 Å². The van der Waals surface area contributed by atoms with E-state index in [-0.39, 0.29) is 24.3 Å². The molecule has 0 saturated carbocycles. The van der Waals surface area contributed by atoms with Crippen LogP contribution in [0.5, 0.6) is 5.75 Å². The molecule has 1 aromatic rings. The van der Waals surface area contributed by atoms with Gasteiger partial charge >= 0.3 is 5.97 Å². The van der Waals surface area contributed by atoms with E-state index in [0.717, 1.165) is 5.56 Å². The largest absolute Gasteiger partial charge is 0.482 e. The highest BCUT2D eigenvalue weighted by Gasteiger charge is 2.23. The van der Waals surface area contributed by atoms with E-state index in [2.05, 4.69) is 5.32 Å². The molecule has 1 aliphatic heterocycles. The van der Waals surface area contributed by atoms with E-state index in [1.54, 1.807) is 6.07 Å². The molecule has 1 amide bonds. The Balaban J connectivity index is 2.16. The molecule has 0 radical (unpaired) electrons. The van der Waals surface area contributed by atoms with Crippen molar-refractivity contribution in [1.29, 1.82) is 0 Å². The summed E-state index contributed by atoms with van der Waals surface area (Å²) >= 11 is 0. The molecular formula is C14H17NO4. The summed E-state index contributed by atoms with van der Waals surface area (Å²) in [5, 5.41) is 11.6. The Morgan fingerprint density at radius 3 is 2.89 bits per heavy atom. The first-order valence-corrected chi connectivity index (χ1v) is 6.13. The Hall–Kier alpha value is -2.04. The Morgan fingerprint density at radius 2 is 2.21 bits per heavy atom. The Morgan fingerprint density at radius 1 is 1.47 bits per heavy atom. The number of anilines is 1. The van der Waals surface area contributed by atoms with Crippen LogP contribution in [0.15, 0.2) is 18.2 Å². The minimum Gasteiger partial charge on any atom is -0.482 e. The summed E-state index contributed by atoms with van der Waals surface area (Å²) in [6, 6.07) is 5.55. The highest BCUT2D eigenvalue weighted by Crippen LogP contribution is 2.32. The van der Waals surface area contributed by atoms with Crippen molar-refractivity contribution in [3.8, 4) is 5.75 Å². The summed E-state index contributed by atoms with van der Waals surface area (Å²) in [5.74, 6) is -0.326. The Bertz CT molecular complexity index is 522. The number of aliphatic carboxylic acids is 1. The molecule has 0 aliphatic carbocycles. The van der Waals surface area contributed by atoms with Crippen LogP contribution in [0.25, 0.3) is 0 Å². The number of ether oxygens (including phenoxy) is 1. The number of carboxylic acids is 1. The number of benzene rings is 1. The number of amides is 1. The van der Waals surface area contributed by atoms with Crippen molar-refractivity contribution in [2.75, 3.05) is 11.9 Å². The maximum Gasteiger partial charge on any atom is 0.303 e. The zero-order valence-electron chi connectivity index (χ0n) is 11.0. The van der Waals surface area contributed by atoms with Crippen molar-refractivity contribution in [2.24, 2.45) is 5.41 Å². The number of nitrogens with one attached hydrogen (secondary N) is 1. The molecule has 0 fully saturated rings. The van der Waals surface area contributed by atoms with E-state index in [9.17, 15) is 9.59 Å². The number of hydrogen-bond donors (Lipinski definition) is 2. The fourth-order valence-corrected chi connectivity index (χ4v) is 2.26. The predicted octanol–water partition coefficient (Wildman–Crippen LogP) is 2.06. The number of carbonyl (C=O) groups is 2. The molecule has 0 aromatic heterocycles. The lowest BCUT2D eigenvalue weighted by Gasteiger charge is -2.24. The summed E-state index contributed by atoms with van der Waals surface area (Å²) in [7, 11) is 0. The number of hydrogen-bond acceptors (Lipinski definition) is 3. The molecule has 5 heteroatoms. The molecule has 0 unspecified atom stereocenters. The summed E-state index contributed by atoms with van der Waals surface area (Å²) in [6.07, 6.45) is 0.732. The van der Waals surface area contributed by atoms with Gasteiger partial charge in [-0.25, -0.2) is 0 Å². The lowest BCUT2D eigenvalue weighted by Crippen LogP contribution is -2.25. The lowest BCUT2D eigenvalue weighted by atomic mass is 9.82. The highest BCUT2D eigenvalue weighted by molar-refractivity contribution is 5.95. The summed E-state index contributed by atoms with van der Waals surface area (Å²) in [5.41, 5.74) is 1.30. The molecule has 1 aromatic carbocycles. The van der Waals surface area contributed by atoms with Gasteiger partial charge in [-0.2, -0.15) is 0 Å². The Kier molecular flexibility index (Phi) is 3.46. The van der Waals surface area contributed by atoms with Crippen LogP contribution in [-0.2, 0) is 16.0 Å². The number of carboxylic acid groups (broad SMARTS) is 1. The van der Waals surface area contributed by atoms with Crippen LogP contribution in [0.4, 0.5) is 5.69 Å². The van der Waals surface area contributed by atoms with Gasteiger partial charge in [0.15, 0.2) is 6.61 Å². The zero-order chi connectivity index (χ0) is 14.0. The van der Waals surface area contributed by atoms with E-state index in [1.165, 1.54) is 0 Å². The van der Waals surface area contributed by atoms with Gasteiger partial charge in [-0.15, -0.1) is 0 Å². The average molecular weight is 263 g/mol. The molecule has 0 saturated heterocycles. The molecule has 0 atom stereocenters. The molecule has 2 N–H and O–H groups in total.